The predicted molar refractivity (Wildman–Crippen MR) is 124 cm³/mol. The van der Waals surface area contributed by atoms with Gasteiger partial charge in [0.1, 0.15) is 11.5 Å². The first-order valence-electron chi connectivity index (χ1n) is 10.2. The molecule has 0 aliphatic carbocycles. The van der Waals surface area contributed by atoms with E-state index in [1.165, 1.54) is 12.1 Å². The summed E-state index contributed by atoms with van der Waals surface area (Å²) in [4.78, 5) is 15.1. The third kappa shape index (κ3) is 5.44. The fraction of sp³-hybridized carbons (Fsp3) is 0.318. The number of nitro groups is 1. The smallest absolute Gasteiger partial charge is 0.293 e. The number of aryl methyl sites for hydroxylation is 3. The Balaban J connectivity index is 1.77. The van der Waals surface area contributed by atoms with Gasteiger partial charge < -0.3 is 9.88 Å². The van der Waals surface area contributed by atoms with Gasteiger partial charge in [-0.15, -0.1) is 0 Å². The highest BCUT2D eigenvalue weighted by atomic mass is 32.2. The summed E-state index contributed by atoms with van der Waals surface area (Å²) in [6, 6.07) is 9.22. The Morgan fingerprint density at radius 1 is 1.12 bits per heavy atom. The van der Waals surface area contributed by atoms with Crippen LogP contribution >= 0.6 is 0 Å². The van der Waals surface area contributed by atoms with Crippen LogP contribution in [-0.4, -0.2) is 29.4 Å². The first-order valence-corrected chi connectivity index (χ1v) is 11.7. The Kier molecular flexibility index (Phi) is 6.83. The van der Waals surface area contributed by atoms with Gasteiger partial charge in [-0.3, -0.25) is 14.8 Å². The molecule has 1 atom stereocenters. The standard InChI is InChI=1S/C22H27N5O4S/c1-15-5-7-20(17(3)11-15)25-32(30,31)19-6-8-21(22(12-19)27(28)29)24-13-16(2)14-26-10-9-23-18(26)4/h5-12,16,24-25H,13-14H2,1-4H3/t16-/m1/s1. The van der Waals surface area contributed by atoms with Gasteiger partial charge in [0, 0.05) is 31.5 Å². The average Bonchev–Trinajstić information content (AvgIpc) is 3.12. The number of aromatic nitrogens is 2. The molecule has 170 valence electrons. The van der Waals surface area contributed by atoms with Crippen molar-refractivity contribution in [2.45, 2.75) is 39.1 Å². The number of rotatable bonds is 9. The lowest BCUT2D eigenvalue weighted by Gasteiger charge is -2.16. The Hall–Kier alpha value is -3.40. The molecule has 0 saturated carbocycles. The summed E-state index contributed by atoms with van der Waals surface area (Å²) in [5.74, 6) is 1.06. The monoisotopic (exact) mass is 457 g/mol. The van der Waals surface area contributed by atoms with E-state index in [-0.39, 0.29) is 22.2 Å². The second kappa shape index (κ2) is 9.39. The van der Waals surface area contributed by atoms with Gasteiger partial charge in [-0.1, -0.05) is 24.6 Å². The third-order valence-corrected chi connectivity index (χ3v) is 6.54. The predicted octanol–water partition coefficient (Wildman–Crippen LogP) is 4.27. The van der Waals surface area contributed by atoms with Crippen LogP contribution < -0.4 is 10.0 Å². The van der Waals surface area contributed by atoms with Crippen molar-refractivity contribution in [3.8, 4) is 0 Å². The van der Waals surface area contributed by atoms with E-state index in [0.29, 0.717) is 18.8 Å². The molecule has 0 amide bonds. The minimum atomic E-state index is -3.98. The largest absolute Gasteiger partial charge is 0.379 e. The lowest BCUT2D eigenvalue weighted by Crippen LogP contribution is -2.18. The zero-order chi connectivity index (χ0) is 23.5. The first kappa shape index (κ1) is 23.3. The lowest BCUT2D eigenvalue weighted by molar-refractivity contribution is -0.384. The highest BCUT2D eigenvalue weighted by molar-refractivity contribution is 7.92. The van der Waals surface area contributed by atoms with E-state index < -0.39 is 14.9 Å². The van der Waals surface area contributed by atoms with E-state index in [0.717, 1.165) is 23.0 Å². The highest BCUT2D eigenvalue weighted by Gasteiger charge is 2.22. The summed E-state index contributed by atoms with van der Waals surface area (Å²) in [5.41, 5.74) is 2.19. The number of benzene rings is 2. The number of hydrogen-bond donors (Lipinski definition) is 2. The summed E-state index contributed by atoms with van der Waals surface area (Å²) in [7, 11) is -3.98. The summed E-state index contributed by atoms with van der Waals surface area (Å²) >= 11 is 0. The van der Waals surface area contributed by atoms with Gasteiger partial charge in [0.15, 0.2) is 0 Å². The molecular weight excluding hydrogens is 430 g/mol. The molecule has 3 aromatic rings. The van der Waals surface area contributed by atoms with Crippen LogP contribution in [0.25, 0.3) is 0 Å². The summed E-state index contributed by atoms with van der Waals surface area (Å²) in [6.07, 6.45) is 3.61. The maximum Gasteiger partial charge on any atom is 0.293 e. The number of nitrogens with one attached hydrogen (secondary N) is 2. The second-order valence-corrected chi connectivity index (χ2v) is 9.66. The summed E-state index contributed by atoms with van der Waals surface area (Å²) < 4.78 is 30.2. The molecule has 9 nitrogen and oxygen atoms in total. The zero-order valence-electron chi connectivity index (χ0n) is 18.5. The molecule has 0 unspecified atom stereocenters. The van der Waals surface area contributed by atoms with Gasteiger partial charge in [0.05, 0.1) is 15.5 Å². The topological polar surface area (TPSA) is 119 Å². The van der Waals surface area contributed by atoms with E-state index in [4.69, 9.17) is 0 Å². The van der Waals surface area contributed by atoms with Gasteiger partial charge in [-0.2, -0.15) is 0 Å². The van der Waals surface area contributed by atoms with Crippen LogP contribution in [0.15, 0.2) is 53.7 Å². The normalized spacial score (nSPS) is 12.4. The quantitative estimate of drug-likeness (QED) is 0.366. The van der Waals surface area contributed by atoms with Crippen LogP contribution in [-0.2, 0) is 16.6 Å². The van der Waals surface area contributed by atoms with E-state index in [9.17, 15) is 18.5 Å². The van der Waals surface area contributed by atoms with Gasteiger partial charge in [0.2, 0.25) is 0 Å². The van der Waals surface area contributed by atoms with Crippen LogP contribution in [0.5, 0.6) is 0 Å². The number of nitrogens with zero attached hydrogens (tertiary/aromatic N) is 3. The number of nitro benzene ring substituents is 1. The van der Waals surface area contributed by atoms with Crippen molar-refractivity contribution in [2.24, 2.45) is 5.92 Å². The molecule has 3 rings (SSSR count). The Morgan fingerprint density at radius 2 is 1.84 bits per heavy atom. The minimum absolute atomic E-state index is 0.164. The van der Waals surface area contributed by atoms with Crippen LogP contribution in [0.4, 0.5) is 17.1 Å². The fourth-order valence-electron chi connectivity index (χ4n) is 3.39. The van der Waals surface area contributed by atoms with Gasteiger partial charge in [-0.05, 0) is 50.5 Å². The zero-order valence-corrected chi connectivity index (χ0v) is 19.3. The van der Waals surface area contributed by atoms with Crippen molar-refractivity contribution in [3.63, 3.8) is 0 Å². The van der Waals surface area contributed by atoms with Gasteiger partial charge >= 0.3 is 0 Å². The average molecular weight is 458 g/mol. The molecule has 10 heteroatoms. The van der Waals surface area contributed by atoms with Crippen LogP contribution in [0, 0.1) is 36.8 Å². The van der Waals surface area contributed by atoms with Crippen LogP contribution in [0.1, 0.15) is 23.9 Å². The second-order valence-electron chi connectivity index (χ2n) is 7.97. The Bertz CT molecular complexity index is 1240. The molecule has 0 aliphatic heterocycles. The van der Waals surface area contributed by atoms with Crippen LogP contribution in [0.3, 0.4) is 0 Å². The van der Waals surface area contributed by atoms with E-state index in [1.54, 1.807) is 25.3 Å². The van der Waals surface area contributed by atoms with E-state index in [2.05, 4.69) is 15.0 Å². The molecule has 0 bridgehead atoms. The van der Waals surface area contributed by atoms with Gasteiger partial charge in [0.25, 0.3) is 15.7 Å². The Morgan fingerprint density at radius 3 is 2.47 bits per heavy atom. The van der Waals surface area contributed by atoms with E-state index in [1.807, 2.05) is 37.6 Å². The maximum atomic E-state index is 12.8. The molecule has 0 saturated heterocycles. The molecule has 32 heavy (non-hydrogen) atoms. The van der Waals surface area contributed by atoms with E-state index >= 15 is 0 Å². The number of anilines is 2. The van der Waals surface area contributed by atoms with Crippen molar-refractivity contribution in [3.05, 3.63) is 75.9 Å². The molecule has 1 heterocycles. The molecule has 0 fully saturated rings. The molecule has 2 aromatic carbocycles. The fourth-order valence-corrected chi connectivity index (χ4v) is 4.54. The molecule has 0 aliphatic rings. The molecule has 0 radical (unpaired) electrons. The van der Waals surface area contributed by atoms with Crippen LogP contribution in [0.2, 0.25) is 0 Å². The highest BCUT2D eigenvalue weighted by Crippen LogP contribution is 2.29. The molecule has 1 aromatic heterocycles. The lowest BCUT2D eigenvalue weighted by atomic mass is 10.1. The van der Waals surface area contributed by atoms with Crippen molar-refractivity contribution < 1.29 is 13.3 Å². The van der Waals surface area contributed by atoms with Crippen molar-refractivity contribution in [1.29, 1.82) is 0 Å². The number of sulfonamides is 1. The molecule has 2 N–H and O–H groups in total. The summed E-state index contributed by atoms with van der Waals surface area (Å²) in [6.45, 7) is 8.83. The maximum absolute atomic E-state index is 12.8. The SMILES string of the molecule is Cc1ccc(NS(=O)(=O)c2ccc(NC[C@@H](C)Cn3ccnc3C)c([N+](=O)[O-])c2)c(C)c1. The molecule has 0 spiro atoms. The Labute approximate surface area is 187 Å². The number of hydrogen-bond acceptors (Lipinski definition) is 6. The summed E-state index contributed by atoms with van der Waals surface area (Å²) in [5, 5.41) is 14.7. The minimum Gasteiger partial charge on any atom is -0.379 e. The number of imidazole rings is 1. The third-order valence-electron chi connectivity index (χ3n) is 5.18. The van der Waals surface area contributed by atoms with Gasteiger partial charge in [-0.25, -0.2) is 13.4 Å². The van der Waals surface area contributed by atoms with Crippen molar-refractivity contribution >= 4 is 27.1 Å². The van der Waals surface area contributed by atoms with Crippen molar-refractivity contribution in [1.82, 2.24) is 9.55 Å². The molecular formula is C22H27N5O4S. The first-order chi connectivity index (χ1) is 15.1. The van der Waals surface area contributed by atoms with Crippen molar-refractivity contribution in [2.75, 3.05) is 16.6 Å².